The standard InChI is InChI=1S/C68H87N13O19S3/c1-34(2)22-44(59(90)81-53(33-103)68(99)100)73-63(94)49(27-55(85)86)77-60(91)46(23-36-10-6-5-7-11-36)72-54(84)30-71-58(89)45(24-37-14-18-40(82)19-15-37)74-62(93)48(26-39-29-70-43-13-9-8-12-42(39)43)76-61(92)47(25-38-16-20-41(83)21-17-38)75-64(95)50(28-56(87)88)78-65(96)51(31-101)79-66(97)52(32-102)80-67(98)57(69)35(3)4/h5-21,29,34-35,44-53,57,70,82-83,101-103H,22-28,30-33,69H2,1-4H3,(H,71,89)(H,72,84)(H,73,94)(H,74,93)(H,75,95)(H,76,92)(H,77,91)(H,78,96)(H,79,97)(H,80,98)(H,81,90)(H,85,86)(H,87,88)(H,99,100)/t44-,45-,46-,47-,48-,49-,50-,51-,52-,53-,57-/m0/s1. The number of nitrogens with one attached hydrogen (secondary N) is 12. The van der Waals surface area contributed by atoms with Gasteiger partial charge in [-0.15, -0.1) is 0 Å². The van der Waals surface area contributed by atoms with Gasteiger partial charge >= 0.3 is 17.9 Å². The quantitative estimate of drug-likeness (QED) is 0.0202. The van der Waals surface area contributed by atoms with Crippen LogP contribution in [-0.4, -0.2) is 204 Å². The molecule has 32 nitrogen and oxygen atoms in total. The molecule has 0 aliphatic carbocycles. The van der Waals surface area contributed by atoms with E-state index in [1.807, 2.05) is 0 Å². The van der Waals surface area contributed by atoms with Gasteiger partial charge in [0.05, 0.1) is 25.4 Å². The van der Waals surface area contributed by atoms with Crippen LogP contribution in [0.2, 0.25) is 0 Å². The van der Waals surface area contributed by atoms with Crippen molar-refractivity contribution in [3.63, 3.8) is 0 Å². The van der Waals surface area contributed by atoms with E-state index in [4.69, 9.17) is 5.73 Å². The summed E-state index contributed by atoms with van der Waals surface area (Å²) in [5, 5.41) is 77.2. The highest BCUT2D eigenvalue weighted by molar-refractivity contribution is 7.80. The molecule has 5 aromatic rings. The summed E-state index contributed by atoms with van der Waals surface area (Å²) in [5.41, 5.74) is 8.11. The van der Waals surface area contributed by atoms with Crippen LogP contribution in [0.3, 0.4) is 0 Å². The maximum atomic E-state index is 15.1. The van der Waals surface area contributed by atoms with E-state index in [9.17, 15) is 87.9 Å². The molecule has 1 aromatic heterocycles. The number of phenolic OH excluding ortho intramolecular Hbond substituents is 2. The van der Waals surface area contributed by atoms with Gasteiger partial charge in [-0.3, -0.25) is 62.3 Å². The number of aromatic hydroxyl groups is 2. The molecular weight excluding hydrogens is 1400 g/mol. The monoisotopic (exact) mass is 1490 g/mol. The van der Waals surface area contributed by atoms with Crippen molar-refractivity contribution in [3.05, 3.63) is 132 Å². The topological polar surface area (TPSA) is 514 Å². The van der Waals surface area contributed by atoms with Gasteiger partial charge in [-0.1, -0.05) is 100 Å². The maximum Gasteiger partial charge on any atom is 0.327 e. The minimum atomic E-state index is -1.96. The number of amides is 11. The number of aromatic amines is 1. The molecule has 0 spiro atoms. The number of carboxylic acid groups (broad SMARTS) is 3. The number of para-hydroxylation sites is 1. The van der Waals surface area contributed by atoms with Crippen molar-refractivity contribution < 1.29 is 92.7 Å². The Morgan fingerprint density at radius 3 is 1.21 bits per heavy atom. The lowest BCUT2D eigenvalue weighted by molar-refractivity contribution is -0.143. The minimum Gasteiger partial charge on any atom is -0.508 e. The molecule has 0 aliphatic rings. The summed E-state index contributed by atoms with van der Waals surface area (Å²) in [6, 6.07) is 8.59. The van der Waals surface area contributed by atoms with Crippen molar-refractivity contribution in [3.8, 4) is 11.5 Å². The van der Waals surface area contributed by atoms with Crippen LogP contribution in [0, 0.1) is 11.8 Å². The molecule has 5 rings (SSSR count). The summed E-state index contributed by atoms with van der Waals surface area (Å²) in [6.45, 7) is 5.85. The number of nitrogens with two attached hydrogens (primary N) is 1. The lowest BCUT2D eigenvalue weighted by Crippen LogP contribution is -2.61. The van der Waals surface area contributed by atoms with Crippen LogP contribution in [0.5, 0.6) is 11.5 Å². The summed E-state index contributed by atoms with van der Waals surface area (Å²) < 4.78 is 0. The lowest BCUT2D eigenvalue weighted by Gasteiger charge is -2.27. The number of carbonyl (C=O) groups is 14. The Morgan fingerprint density at radius 2 is 0.767 bits per heavy atom. The fraction of sp³-hybridized carbons (Fsp3) is 0.412. The summed E-state index contributed by atoms with van der Waals surface area (Å²) >= 11 is 12.3. The number of carbonyl (C=O) groups excluding carboxylic acids is 11. The highest BCUT2D eigenvalue weighted by Gasteiger charge is 2.37. The van der Waals surface area contributed by atoms with Crippen LogP contribution in [0.15, 0.2) is 109 Å². The molecule has 19 N–H and O–H groups in total. The minimum absolute atomic E-state index is 0.0514. The van der Waals surface area contributed by atoms with Crippen LogP contribution in [0.4, 0.5) is 0 Å². The van der Waals surface area contributed by atoms with E-state index in [1.165, 1.54) is 48.5 Å². The van der Waals surface area contributed by atoms with Gasteiger partial charge in [0.2, 0.25) is 65.0 Å². The zero-order chi connectivity index (χ0) is 76.2. The van der Waals surface area contributed by atoms with Crippen molar-refractivity contribution >= 4 is 132 Å². The molecule has 0 aliphatic heterocycles. The zero-order valence-electron chi connectivity index (χ0n) is 56.5. The Morgan fingerprint density at radius 1 is 0.408 bits per heavy atom. The molecule has 11 amide bonds. The molecule has 0 bridgehead atoms. The van der Waals surface area contributed by atoms with Crippen LogP contribution in [0.1, 0.15) is 69.2 Å². The van der Waals surface area contributed by atoms with E-state index in [2.05, 4.69) is 101 Å². The van der Waals surface area contributed by atoms with Gasteiger partial charge in [0.25, 0.3) is 0 Å². The van der Waals surface area contributed by atoms with Gasteiger partial charge in [0.15, 0.2) is 0 Å². The molecule has 4 aromatic carbocycles. The first-order chi connectivity index (χ1) is 48.8. The molecule has 0 radical (unpaired) electrons. The molecule has 0 unspecified atom stereocenters. The lowest BCUT2D eigenvalue weighted by atomic mass is 10.00. The molecular formula is C68H87N13O19S3. The van der Waals surface area contributed by atoms with E-state index >= 15 is 4.79 Å². The summed E-state index contributed by atoms with van der Waals surface area (Å²) in [6.07, 6.45) is -1.96. The molecule has 0 saturated carbocycles. The molecule has 1 heterocycles. The normalized spacial score (nSPS) is 14.3. The Hall–Kier alpha value is -10.4. The van der Waals surface area contributed by atoms with Crippen molar-refractivity contribution in [2.75, 3.05) is 23.8 Å². The van der Waals surface area contributed by atoms with E-state index < -0.39 is 181 Å². The Labute approximate surface area is 608 Å². The first-order valence-electron chi connectivity index (χ1n) is 32.5. The number of thiol groups is 3. The van der Waals surface area contributed by atoms with E-state index in [-0.39, 0.29) is 60.5 Å². The van der Waals surface area contributed by atoms with Crippen molar-refractivity contribution in [1.29, 1.82) is 0 Å². The Kier molecular flexibility index (Phi) is 33.1. The van der Waals surface area contributed by atoms with Crippen LogP contribution >= 0.6 is 37.9 Å². The average molecular weight is 1490 g/mol. The van der Waals surface area contributed by atoms with E-state index in [0.717, 1.165) is 0 Å². The maximum absolute atomic E-state index is 15.1. The number of H-pyrrole nitrogens is 1. The van der Waals surface area contributed by atoms with Crippen LogP contribution < -0.4 is 64.2 Å². The number of phenols is 2. The van der Waals surface area contributed by atoms with Gasteiger partial charge in [-0.25, -0.2) is 4.79 Å². The number of aromatic nitrogens is 1. The highest BCUT2D eigenvalue weighted by atomic mass is 32.1. The van der Waals surface area contributed by atoms with Gasteiger partial charge in [0.1, 0.15) is 71.9 Å². The predicted molar refractivity (Wildman–Crippen MR) is 384 cm³/mol. The largest absolute Gasteiger partial charge is 0.508 e. The van der Waals surface area contributed by atoms with Gasteiger partial charge in [-0.05, 0) is 70.8 Å². The van der Waals surface area contributed by atoms with E-state index in [1.54, 1.807) is 88.5 Å². The molecule has 11 atom stereocenters. The van der Waals surface area contributed by atoms with Crippen molar-refractivity contribution in [1.82, 2.24) is 63.5 Å². The van der Waals surface area contributed by atoms with E-state index in [0.29, 0.717) is 33.2 Å². The average Bonchev–Trinajstić information content (AvgIpc) is 1.72. The fourth-order valence-corrected chi connectivity index (χ4v) is 11.0. The molecule has 0 saturated heterocycles. The second-order valence-electron chi connectivity index (χ2n) is 24.9. The third kappa shape index (κ3) is 27.1. The summed E-state index contributed by atoms with van der Waals surface area (Å²) in [4.78, 5) is 194. The zero-order valence-corrected chi connectivity index (χ0v) is 59.2. The summed E-state index contributed by atoms with van der Waals surface area (Å²) in [7, 11) is 0. The third-order valence-electron chi connectivity index (χ3n) is 15.9. The second kappa shape index (κ2) is 40.9. The number of hydrogen-bond acceptors (Lipinski definition) is 20. The smallest absolute Gasteiger partial charge is 0.327 e. The molecule has 0 fully saturated rings. The summed E-state index contributed by atoms with van der Waals surface area (Å²) in [5.74, 6) is -17.8. The second-order valence-corrected chi connectivity index (χ2v) is 26.0. The Balaban J connectivity index is 1.44. The van der Waals surface area contributed by atoms with Crippen LogP contribution in [-0.2, 0) is 92.8 Å². The molecule has 103 heavy (non-hydrogen) atoms. The third-order valence-corrected chi connectivity index (χ3v) is 17.0. The number of benzene rings is 4. The number of aliphatic carboxylic acids is 3. The first kappa shape index (κ1) is 83.3. The van der Waals surface area contributed by atoms with Gasteiger partial charge in [-0.2, -0.15) is 37.9 Å². The van der Waals surface area contributed by atoms with Crippen LogP contribution in [0.25, 0.3) is 10.9 Å². The van der Waals surface area contributed by atoms with Crippen molar-refractivity contribution in [2.24, 2.45) is 17.6 Å². The van der Waals surface area contributed by atoms with Gasteiger partial charge in [0, 0.05) is 60.0 Å². The molecule has 35 heteroatoms. The predicted octanol–water partition coefficient (Wildman–Crippen LogP) is -1.33. The number of hydrogen-bond donors (Lipinski definition) is 21. The number of carboxylic acids is 3. The highest BCUT2D eigenvalue weighted by Crippen LogP contribution is 2.21. The SMILES string of the molecule is CC(C)C[C@H](NC(=O)[C@H](CC(=O)O)NC(=O)[C@H](Cc1ccccc1)NC(=O)CNC(=O)[C@H](Cc1ccc(O)cc1)NC(=O)[C@H](Cc1c[nH]c2ccccc12)NC(=O)[C@H](Cc1ccc(O)cc1)NC(=O)[C@H](CC(=O)O)NC(=O)[C@H](CS)NC(=O)[C@H](CS)NC(=O)[C@@H](N)C(C)C)C(=O)N[C@@H](CS)C(=O)O. The van der Waals surface area contributed by atoms with Gasteiger partial charge < -0.3 is 94.7 Å². The first-order valence-corrected chi connectivity index (χ1v) is 34.4. The number of fused-ring (bicyclic) bond motifs is 1. The van der Waals surface area contributed by atoms with Crippen molar-refractivity contribution in [2.45, 2.75) is 139 Å². The molecule has 556 valence electrons. The Bertz CT molecular complexity index is 3810. The number of rotatable bonds is 41. The fourth-order valence-electron chi connectivity index (χ4n) is 10.3.